The van der Waals surface area contributed by atoms with Crippen molar-refractivity contribution >= 4 is 17.5 Å². The van der Waals surface area contributed by atoms with Crippen molar-refractivity contribution in [3.63, 3.8) is 0 Å². The van der Waals surface area contributed by atoms with Gasteiger partial charge in [0.05, 0.1) is 19.0 Å². The summed E-state index contributed by atoms with van der Waals surface area (Å²) in [5.41, 5.74) is 1.07. The number of nitrogens with zero attached hydrogens (tertiary/aromatic N) is 4. The average Bonchev–Trinajstić information content (AvgIpc) is 3.00. The summed E-state index contributed by atoms with van der Waals surface area (Å²) in [6.07, 6.45) is 1.66. The molecule has 1 saturated heterocycles. The summed E-state index contributed by atoms with van der Waals surface area (Å²) < 4.78 is 7.05. The lowest BCUT2D eigenvalue weighted by molar-refractivity contribution is 0.208. The molecule has 1 aliphatic rings. The van der Waals surface area contributed by atoms with E-state index in [1.165, 1.54) is 0 Å². The van der Waals surface area contributed by atoms with Gasteiger partial charge < -0.3 is 14.5 Å². The van der Waals surface area contributed by atoms with Gasteiger partial charge in [-0.2, -0.15) is 5.10 Å². The molecule has 122 valence electrons. The lowest BCUT2D eigenvalue weighted by Crippen LogP contribution is -2.50. The van der Waals surface area contributed by atoms with E-state index in [9.17, 15) is 4.79 Å². The van der Waals surface area contributed by atoms with Gasteiger partial charge in [-0.05, 0) is 12.1 Å². The van der Waals surface area contributed by atoms with Crippen LogP contribution in [0.4, 0.5) is 16.3 Å². The normalized spacial score (nSPS) is 14.7. The Morgan fingerprint density at radius 1 is 1.17 bits per heavy atom. The van der Waals surface area contributed by atoms with Crippen molar-refractivity contribution in [1.29, 1.82) is 0 Å². The summed E-state index contributed by atoms with van der Waals surface area (Å²) in [5.74, 6) is 1.56. The van der Waals surface area contributed by atoms with Crippen molar-refractivity contribution in [2.24, 2.45) is 7.05 Å². The minimum absolute atomic E-state index is 0.0896. The summed E-state index contributed by atoms with van der Waals surface area (Å²) in [7, 11) is 3.48. The molecule has 0 aliphatic carbocycles. The molecule has 1 fully saturated rings. The topological polar surface area (TPSA) is 62.6 Å². The third-order valence-electron chi connectivity index (χ3n) is 4.05. The number of carbonyl (C=O) groups is 1. The van der Waals surface area contributed by atoms with Gasteiger partial charge in [-0.3, -0.25) is 10.00 Å². The maximum Gasteiger partial charge on any atom is 0.323 e. The van der Waals surface area contributed by atoms with Gasteiger partial charge in [0.25, 0.3) is 0 Å². The monoisotopic (exact) mass is 315 g/mol. The number of methoxy groups -OCH3 is 1. The summed E-state index contributed by atoms with van der Waals surface area (Å²) >= 11 is 0. The second-order valence-electron chi connectivity index (χ2n) is 5.42. The summed E-state index contributed by atoms with van der Waals surface area (Å²) in [6.45, 7) is 2.89. The number of carbonyl (C=O) groups excluding carboxylic acids is 1. The molecule has 0 saturated carbocycles. The number of anilines is 2. The van der Waals surface area contributed by atoms with E-state index in [1.54, 1.807) is 31.1 Å². The fraction of sp³-hybridized carbons (Fsp3) is 0.375. The Balaban J connectivity index is 1.60. The van der Waals surface area contributed by atoms with E-state index in [0.29, 0.717) is 18.9 Å². The number of piperazine rings is 1. The van der Waals surface area contributed by atoms with Crippen molar-refractivity contribution in [3.05, 3.63) is 36.5 Å². The van der Waals surface area contributed by atoms with E-state index in [1.807, 2.05) is 29.2 Å². The van der Waals surface area contributed by atoms with Crippen LogP contribution in [-0.2, 0) is 7.05 Å². The molecule has 2 amide bonds. The quantitative estimate of drug-likeness (QED) is 0.938. The highest BCUT2D eigenvalue weighted by molar-refractivity contribution is 5.88. The summed E-state index contributed by atoms with van der Waals surface area (Å²) in [4.78, 5) is 16.4. The predicted octanol–water partition coefficient (Wildman–Crippen LogP) is 1.78. The molecule has 1 aliphatic heterocycles. The third-order valence-corrected chi connectivity index (χ3v) is 4.05. The zero-order valence-electron chi connectivity index (χ0n) is 13.4. The molecule has 1 N–H and O–H groups in total. The van der Waals surface area contributed by atoms with Crippen molar-refractivity contribution in [2.45, 2.75) is 0 Å². The summed E-state index contributed by atoms with van der Waals surface area (Å²) in [5, 5.41) is 6.93. The van der Waals surface area contributed by atoms with Gasteiger partial charge in [0.15, 0.2) is 0 Å². The van der Waals surface area contributed by atoms with Crippen LogP contribution < -0.4 is 15.0 Å². The molecular weight excluding hydrogens is 294 g/mol. The highest BCUT2D eigenvalue weighted by Gasteiger charge is 2.23. The number of aryl methyl sites for hydroxylation is 1. The van der Waals surface area contributed by atoms with Crippen LogP contribution in [0, 0.1) is 0 Å². The Bertz CT molecular complexity index is 677. The van der Waals surface area contributed by atoms with Gasteiger partial charge >= 0.3 is 6.03 Å². The van der Waals surface area contributed by atoms with Crippen LogP contribution in [0.2, 0.25) is 0 Å². The predicted molar refractivity (Wildman–Crippen MR) is 89.0 cm³/mol. The number of rotatable bonds is 3. The first-order chi connectivity index (χ1) is 11.2. The second kappa shape index (κ2) is 6.60. The molecule has 0 unspecified atom stereocenters. The number of hydrogen-bond acceptors (Lipinski definition) is 4. The lowest BCUT2D eigenvalue weighted by atomic mass is 10.2. The fourth-order valence-corrected chi connectivity index (χ4v) is 2.73. The third kappa shape index (κ3) is 3.23. The number of amides is 2. The molecule has 7 nitrogen and oxygen atoms in total. The molecule has 2 heterocycles. The fourth-order valence-electron chi connectivity index (χ4n) is 2.73. The molecular formula is C16H21N5O2. The number of benzene rings is 1. The number of urea groups is 1. The van der Waals surface area contributed by atoms with Crippen molar-refractivity contribution in [3.8, 4) is 5.75 Å². The van der Waals surface area contributed by atoms with E-state index in [0.717, 1.165) is 24.5 Å². The van der Waals surface area contributed by atoms with Crippen LogP contribution in [-0.4, -0.2) is 54.0 Å². The zero-order valence-corrected chi connectivity index (χ0v) is 13.4. The largest absolute Gasteiger partial charge is 0.495 e. The summed E-state index contributed by atoms with van der Waals surface area (Å²) in [6, 6.07) is 9.65. The molecule has 0 radical (unpaired) electrons. The van der Waals surface area contributed by atoms with Gasteiger partial charge in [0.2, 0.25) is 0 Å². The number of nitrogens with one attached hydrogen (secondary N) is 1. The smallest absolute Gasteiger partial charge is 0.323 e. The standard InChI is InChI=1S/C16H21N5O2/c1-19-15(7-8-17-19)18-16(22)21-11-9-20(10-12-21)13-5-3-4-6-14(13)23-2/h3-8H,9-12H2,1-2H3,(H,18,22). The Morgan fingerprint density at radius 3 is 2.57 bits per heavy atom. The molecule has 0 bridgehead atoms. The number of aromatic nitrogens is 2. The first kappa shape index (κ1) is 15.2. The molecule has 0 atom stereocenters. The van der Waals surface area contributed by atoms with Crippen LogP contribution >= 0.6 is 0 Å². The van der Waals surface area contributed by atoms with Gasteiger partial charge in [0, 0.05) is 39.3 Å². The average molecular weight is 315 g/mol. The first-order valence-electron chi connectivity index (χ1n) is 7.61. The number of para-hydroxylation sites is 2. The van der Waals surface area contributed by atoms with Crippen molar-refractivity contribution in [1.82, 2.24) is 14.7 Å². The van der Waals surface area contributed by atoms with Crippen LogP contribution in [0.1, 0.15) is 0 Å². The molecule has 1 aromatic heterocycles. The van der Waals surface area contributed by atoms with E-state index in [-0.39, 0.29) is 6.03 Å². The highest BCUT2D eigenvalue weighted by Crippen LogP contribution is 2.28. The Labute approximate surface area is 135 Å². The highest BCUT2D eigenvalue weighted by atomic mass is 16.5. The van der Waals surface area contributed by atoms with Crippen LogP contribution in [0.3, 0.4) is 0 Å². The molecule has 2 aromatic rings. The molecule has 3 rings (SSSR count). The van der Waals surface area contributed by atoms with Crippen LogP contribution in [0.15, 0.2) is 36.5 Å². The van der Waals surface area contributed by atoms with Crippen LogP contribution in [0.5, 0.6) is 5.75 Å². The minimum Gasteiger partial charge on any atom is -0.495 e. The van der Waals surface area contributed by atoms with E-state index in [2.05, 4.69) is 15.3 Å². The van der Waals surface area contributed by atoms with Crippen molar-refractivity contribution in [2.75, 3.05) is 43.5 Å². The van der Waals surface area contributed by atoms with Crippen LogP contribution in [0.25, 0.3) is 0 Å². The van der Waals surface area contributed by atoms with E-state index >= 15 is 0 Å². The molecule has 7 heteroatoms. The van der Waals surface area contributed by atoms with Crippen molar-refractivity contribution < 1.29 is 9.53 Å². The second-order valence-corrected chi connectivity index (χ2v) is 5.42. The molecule has 1 aromatic carbocycles. The number of ether oxygens (including phenoxy) is 1. The molecule has 23 heavy (non-hydrogen) atoms. The molecule has 0 spiro atoms. The van der Waals surface area contributed by atoms with Gasteiger partial charge in [-0.15, -0.1) is 0 Å². The minimum atomic E-state index is -0.0896. The van der Waals surface area contributed by atoms with E-state index < -0.39 is 0 Å². The lowest BCUT2D eigenvalue weighted by Gasteiger charge is -2.36. The van der Waals surface area contributed by atoms with Gasteiger partial charge in [-0.25, -0.2) is 4.79 Å². The maximum atomic E-state index is 12.3. The Kier molecular flexibility index (Phi) is 4.36. The maximum absolute atomic E-state index is 12.3. The number of hydrogen-bond donors (Lipinski definition) is 1. The van der Waals surface area contributed by atoms with Gasteiger partial charge in [0.1, 0.15) is 11.6 Å². The Morgan fingerprint density at radius 2 is 1.91 bits per heavy atom. The van der Waals surface area contributed by atoms with Gasteiger partial charge in [-0.1, -0.05) is 12.1 Å². The zero-order chi connectivity index (χ0) is 16.2. The Hall–Kier alpha value is -2.70. The van der Waals surface area contributed by atoms with E-state index in [4.69, 9.17) is 4.74 Å². The first-order valence-corrected chi connectivity index (χ1v) is 7.61. The SMILES string of the molecule is COc1ccccc1N1CCN(C(=O)Nc2ccnn2C)CC1.